The van der Waals surface area contributed by atoms with Gasteiger partial charge < -0.3 is 14.9 Å². The largest absolute Gasteiger partial charge is 0.465 e. The minimum absolute atomic E-state index is 0.366. The number of benzene rings is 1. The summed E-state index contributed by atoms with van der Waals surface area (Å²) in [7, 11) is 1.31. The lowest BCUT2D eigenvalue weighted by atomic mass is 10.0. The molecular formula is C13H16N2O4S. The van der Waals surface area contributed by atoms with Crippen molar-refractivity contribution in [1.29, 1.82) is 0 Å². The number of rotatable bonds is 5. The number of methoxy groups -OCH3 is 1. The van der Waals surface area contributed by atoms with Gasteiger partial charge in [0.1, 0.15) is 6.10 Å². The number of nitrogens with zero attached hydrogens (tertiary/aromatic N) is 1. The smallest absolute Gasteiger partial charge is 0.337 e. The SMILES string of the molecule is COC(=O)c1ccc2c(C(O)C(O)CCS)[nH]nc2c1. The van der Waals surface area contributed by atoms with Crippen LogP contribution in [0.2, 0.25) is 0 Å². The van der Waals surface area contributed by atoms with Gasteiger partial charge in [0, 0.05) is 5.39 Å². The fraction of sp³-hybridized carbons (Fsp3) is 0.385. The van der Waals surface area contributed by atoms with Crippen LogP contribution in [0, 0.1) is 0 Å². The number of carbonyl (C=O) groups excluding carboxylic acids is 1. The van der Waals surface area contributed by atoms with Gasteiger partial charge in [0.05, 0.1) is 30.0 Å². The highest BCUT2D eigenvalue weighted by Gasteiger charge is 2.22. The van der Waals surface area contributed by atoms with Crippen LogP contribution in [0.15, 0.2) is 18.2 Å². The van der Waals surface area contributed by atoms with Crippen molar-refractivity contribution in [1.82, 2.24) is 10.2 Å². The number of aliphatic hydroxyl groups excluding tert-OH is 2. The number of H-pyrrole nitrogens is 1. The van der Waals surface area contributed by atoms with Crippen molar-refractivity contribution in [2.45, 2.75) is 18.6 Å². The van der Waals surface area contributed by atoms with Crippen LogP contribution < -0.4 is 0 Å². The molecule has 0 spiro atoms. The predicted molar refractivity (Wildman–Crippen MR) is 76.9 cm³/mol. The first-order valence-corrected chi connectivity index (χ1v) is 6.75. The van der Waals surface area contributed by atoms with Crippen molar-refractivity contribution in [2.75, 3.05) is 12.9 Å². The van der Waals surface area contributed by atoms with E-state index in [1.54, 1.807) is 18.2 Å². The topological polar surface area (TPSA) is 95.4 Å². The average molecular weight is 296 g/mol. The lowest BCUT2D eigenvalue weighted by Crippen LogP contribution is -2.19. The second kappa shape index (κ2) is 6.25. The Labute approximate surface area is 121 Å². The Hall–Kier alpha value is -1.57. The van der Waals surface area contributed by atoms with Gasteiger partial charge in [0.15, 0.2) is 0 Å². The van der Waals surface area contributed by atoms with E-state index in [1.165, 1.54) is 7.11 Å². The van der Waals surface area contributed by atoms with Gasteiger partial charge in [0.2, 0.25) is 0 Å². The first-order chi connectivity index (χ1) is 9.58. The maximum Gasteiger partial charge on any atom is 0.337 e. The van der Waals surface area contributed by atoms with Crippen molar-refractivity contribution < 1.29 is 19.7 Å². The summed E-state index contributed by atoms with van der Waals surface area (Å²) >= 11 is 4.02. The molecule has 2 rings (SSSR count). The second-order valence-corrected chi connectivity index (χ2v) is 4.83. The fourth-order valence-electron chi connectivity index (χ4n) is 1.99. The molecule has 6 nitrogen and oxygen atoms in total. The van der Waals surface area contributed by atoms with Gasteiger partial charge in [0.25, 0.3) is 0 Å². The zero-order chi connectivity index (χ0) is 14.7. The molecule has 1 aromatic heterocycles. The summed E-state index contributed by atoms with van der Waals surface area (Å²) in [5.41, 5.74) is 1.33. The Balaban J connectivity index is 2.35. The van der Waals surface area contributed by atoms with Gasteiger partial charge >= 0.3 is 5.97 Å². The molecule has 0 saturated heterocycles. The molecule has 0 aliphatic carbocycles. The fourth-order valence-corrected chi connectivity index (χ4v) is 2.25. The normalized spacial score (nSPS) is 14.2. The van der Waals surface area contributed by atoms with E-state index < -0.39 is 18.2 Å². The van der Waals surface area contributed by atoms with Crippen LogP contribution >= 0.6 is 12.6 Å². The van der Waals surface area contributed by atoms with Crippen molar-refractivity contribution in [3.8, 4) is 0 Å². The molecule has 2 aromatic rings. The number of fused-ring (bicyclic) bond motifs is 1. The number of thiol groups is 1. The zero-order valence-corrected chi connectivity index (χ0v) is 11.8. The Morgan fingerprint density at radius 3 is 2.90 bits per heavy atom. The standard InChI is InChI=1S/C13H16N2O4S/c1-19-13(18)7-2-3-8-9(6-7)14-15-11(8)12(17)10(16)4-5-20/h2-3,6,10,12,16-17,20H,4-5H2,1H3,(H,14,15). The zero-order valence-electron chi connectivity index (χ0n) is 10.9. The van der Waals surface area contributed by atoms with Gasteiger partial charge in [-0.25, -0.2) is 4.79 Å². The molecule has 0 radical (unpaired) electrons. The number of aromatic amines is 1. The second-order valence-electron chi connectivity index (χ2n) is 4.39. The molecule has 0 aliphatic heterocycles. The predicted octanol–water partition coefficient (Wildman–Crippen LogP) is 1.06. The molecule has 0 aliphatic rings. The van der Waals surface area contributed by atoms with Gasteiger partial charge in [-0.15, -0.1) is 0 Å². The molecule has 0 fully saturated rings. The highest BCUT2D eigenvalue weighted by molar-refractivity contribution is 7.80. The summed E-state index contributed by atoms with van der Waals surface area (Å²) in [6, 6.07) is 4.82. The molecule has 0 amide bonds. The molecule has 20 heavy (non-hydrogen) atoms. The highest BCUT2D eigenvalue weighted by atomic mass is 32.1. The number of aromatic nitrogens is 2. The Bertz CT molecular complexity index is 613. The summed E-state index contributed by atoms with van der Waals surface area (Å²) in [6.07, 6.45) is -1.63. The van der Waals surface area contributed by atoms with Crippen LogP contribution in [0.25, 0.3) is 10.9 Å². The first-order valence-electron chi connectivity index (χ1n) is 6.11. The number of nitrogens with one attached hydrogen (secondary N) is 1. The number of ether oxygens (including phenoxy) is 1. The first kappa shape index (κ1) is 14.8. The van der Waals surface area contributed by atoms with Crippen LogP contribution in [0.3, 0.4) is 0 Å². The minimum Gasteiger partial charge on any atom is -0.465 e. The van der Waals surface area contributed by atoms with Crippen molar-refractivity contribution in [3.05, 3.63) is 29.5 Å². The van der Waals surface area contributed by atoms with Crippen molar-refractivity contribution in [2.24, 2.45) is 0 Å². The molecule has 0 saturated carbocycles. The highest BCUT2D eigenvalue weighted by Crippen LogP contribution is 2.26. The van der Waals surface area contributed by atoms with E-state index in [0.29, 0.717) is 34.3 Å². The van der Waals surface area contributed by atoms with Crippen LogP contribution in [0.1, 0.15) is 28.6 Å². The summed E-state index contributed by atoms with van der Waals surface area (Å²) in [5, 5.41) is 27.3. The molecule has 3 N–H and O–H groups in total. The van der Waals surface area contributed by atoms with E-state index in [0.717, 1.165) is 0 Å². The monoisotopic (exact) mass is 296 g/mol. The molecule has 2 atom stereocenters. The number of hydrogen-bond acceptors (Lipinski definition) is 6. The van der Waals surface area contributed by atoms with Crippen LogP contribution in [0.5, 0.6) is 0 Å². The van der Waals surface area contributed by atoms with Crippen molar-refractivity contribution >= 4 is 29.5 Å². The van der Waals surface area contributed by atoms with E-state index in [-0.39, 0.29) is 0 Å². The lowest BCUT2D eigenvalue weighted by Gasteiger charge is -2.15. The molecular weight excluding hydrogens is 280 g/mol. The maximum absolute atomic E-state index is 11.4. The van der Waals surface area contributed by atoms with E-state index in [1.807, 2.05) is 0 Å². The molecule has 7 heteroatoms. The van der Waals surface area contributed by atoms with E-state index in [2.05, 4.69) is 27.6 Å². The molecule has 1 heterocycles. The molecule has 0 bridgehead atoms. The van der Waals surface area contributed by atoms with Gasteiger partial charge in [-0.2, -0.15) is 17.7 Å². The van der Waals surface area contributed by atoms with Crippen LogP contribution in [-0.2, 0) is 4.74 Å². The Kier molecular flexibility index (Phi) is 4.64. The molecule has 2 unspecified atom stereocenters. The molecule has 1 aromatic carbocycles. The average Bonchev–Trinajstić information content (AvgIpc) is 2.88. The third-order valence-corrected chi connectivity index (χ3v) is 3.35. The third kappa shape index (κ3) is 2.79. The van der Waals surface area contributed by atoms with E-state index in [9.17, 15) is 15.0 Å². The number of carbonyl (C=O) groups is 1. The van der Waals surface area contributed by atoms with Gasteiger partial charge in [-0.05, 0) is 30.4 Å². The number of aliphatic hydroxyl groups is 2. The summed E-state index contributed by atoms with van der Waals surface area (Å²) < 4.78 is 4.63. The Morgan fingerprint density at radius 1 is 1.50 bits per heavy atom. The lowest BCUT2D eigenvalue weighted by molar-refractivity contribution is 0.0155. The van der Waals surface area contributed by atoms with Gasteiger partial charge in [-0.3, -0.25) is 5.10 Å². The van der Waals surface area contributed by atoms with Crippen LogP contribution in [0.4, 0.5) is 0 Å². The summed E-state index contributed by atoms with van der Waals surface area (Å²) in [4.78, 5) is 11.4. The summed E-state index contributed by atoms with van der Waals surface area (Å²) in [5.74, 6) is 0.0173. The maximum atomic E-state index is 11.4. The Morgan fingerprint density at radius 2 is 2.25 bits per heavy atom. The molecule has 108 valence electrons. The third-order valence-electron chi connectivity index (χ3n) is 3.09. The van der Waals surface area contributed by atoms with Gasteiger partial charge in [-0.1, -0.05) is 0 Å². The number of hydrogen-bond donors (Lipinski definition) is 4. The van der Waals surface area contributed by atoms with Crippen LogP contribution in [-0.4, -0.2) is 45.3 Å². The minimum atomic E-state index is -1.07. The quantitative estimate of drug-likeness (QED) is 0.489. The van der Waals surface area contributed by atoms with E-state index >= 15 is 0 Å². The summed E-state index contributed by atoms with van der Waals surface area (Å²) in [6.45, 7) is 0. The van der Waals surface area contributed by atoms with E-state index in [4.69, 9.17) is 0 Å². The number of esters is 1. The van der Waals surface area contributed by atoms with Crippen molar-refractivity contribution in [3.63, 3.8) is 0 Å².